The van der Waals surface area contributed by atoms with E-state index in [0.717, 1.165) is 27.8 Å². The predicted octanol–water partition coefficient (Wildman–Crippen LogP) is 5.93. The van der Waals surface area contributed by atoms with Gasteiger partial charge in [-0.25, -0.2) is 0 Å². The second-order valence-electron chi connectivity index (χ2n) is 8.37. The molecular weight excluding hydrogens is 590 g/mol. The first-order chi connectivity index (χ1) is 18.7. The molecule has 0 unspecified atom stereocenters. The molecule has 1 saturated heterocycles. The van der Waals surface area contributed by atoms with Crippen LogP contribution in [0.2, 0.25) is 0 Å². The fourth-order valence-corrected chi connectivity index (χ4v) is 4.90. The Hall–Kier alpha value is -4.16. The number of methoxy groups -OCH3 is 1. The zero-order valence-corrected chi connectivity index (χ0v) is 23.2. The van der Waals surface area contributed by atoms with E-state index >= 15 is 0 Å². The van der Waals surface area contributed by atoms with Crippen LogP contribution in [0, 0.1) is 17.0 Å². The summed E-state index contributed by atoms with van der Waals surface area (Å²) in [5, 5.41) is 13.0. The molecule has 0 aliphatic carbocycles. The smallest absolute Gasteiger partial charge is 0.294 e. The number of nitro groups is 1. The summed E-state index contributed by atoms with van der Waals surface area (Å²) in [6, 6.07) is 16.5. The van der Waals surface area contributed by atoms with Gasteiger partial charge in [-0.15, -0.1) is 0 Å². The summed E-state index contributed by atoms with van der Waals surface area (Å²) in [6.45, 7) is 1.58. The summed E-state index contributed by atoms with van der Waals surface area (Å²) in [5.41, 5.74) is 2.74. The third-order valence-electron chi connectivity index (χ3n) is 5.71. The quantitative estimate of drug-likeness (QED) is 0.179. The second kappa shape index (κ2) is 12.1. The maximum Gasteiger partial charge on any atom is 0.294 e. The van der Waals surface area contributed by atoms with Gasteiger partial charge in [0.2, 0.25) is 5.91 Å². The lowest BCUT2D eigenvalue weighted by molar-refractivity contribution is -0.384. The molecule has 10 nitrogen and oxygen atoms in total. The molecule has 3 aromatic carbocycles. The second-order valence-corrected chi connectivity index (χ2v) is 10.2. The summed E-state index contributed by atoms with van der Waals surface area (Å²) in [4.78, 5) is 49.4. The molecule has 0 spiro atoms. The first-order valence-corrected chi connectivity index (χ1v) is 13.1. The van der Waals surface area contributed by atoms with E-state index in [2.05, 4.69) is 21.2 Å². The number of nitro benzene ring substituents is 1. The highest BCUT2D eigenvalue weighted by atomic mass is 79.9. The number of thioether (sulfide) groups is 1. The molecule has 1 fully saturated rings. The van der Waals surface area contributed by atoms with Crippen molar-refractivity contribution in [3.05, 3.63) is 96.8 Å². The molecule has 1 aliphatic heterocycles. The maximum absolute atomic E-state index is 13.0. The van der Waals surface area contributed by atoms with E-state index in [9.17, 15) is 24.5 Å². The molecule has 0 radical (unpaired) electrons. The van der Waals surface area contributed by atoms with Gasteiger partial charge in [0.15, 0.2) is 11.5 Å². The molecule has 0 saturated carbocycles. The Morgan fingerprint density at radius 2 is 1.85 bits per heavy atom. The van der Waals surface area contributed by atoms with Crippen LogP contribution in [-0.4, -0.2) is 40.5 Å². The largest absolute Gasteiger partial charge is 0.493 e. The van der Waals surface area contributed by atoms with E-state index in [-0.39, 0.29) is 17.2 Å². The highest BCUT2D eigenvalue weighted by molar-refractivity contribution is 9.10. The Kier molecular flexibility index (Phi) is 8.67. The van der Waals surface area contributed by atoms with Crippen LogP contribution in [0.3, 0.4) is 0 Å². The van der Waals surface area contributed by atoms with Crippen LogP contribution in [-0.2, 0) is 16.2 Å². The normalized spacial score (nSPS) is 14.0. The summed E-state index contributed by atoms with van der Waals surface area (Å²) in [6.07, 6.45) is 1.54. The van der Waals surface area contributed by atoms with Gasteiger partial charge in [-0.3, -0.25) is 29.4 Å². The van der Waals surface area contributed by atoms with Crippen molar-refractivity contribution in [2.75, 3.05) is 19.0 Å². The highest BCUT2D eigenvalue weighted by Gasteiger charge is 2.36. The van der Waals surface area contributed by atoms with Crippen molar-refractivity contribution in [2.24, 2.45) is 0 Å². The average Bonchev–Trinajstić information content (AvgIpc) is 3.17. The molecule has 0 atom stereocenters. The van der Waals surface area contributed by atoms with Crippen molar-refractivity contribution in [3.63, 3.8) is 0 Å². The number of nitrogens with one attached hydrogen (secondary N) is 1. The van der Waals surface area contributed by atoms with E-state index in [1.807, 2.05) is 19.1 Å². The van der Waals surface area contributed by atoms with E-state index in [1.165, 1.54) is 25.3 Å². The lowest BCUT2D eigenvalue weighted by atomic mass is 10.1. The van der Waals surface area contributed by atoms with Crippen molar-refractivity contribution in [2.45, 2.75) is 13.5 Å². The molecule has 3 aromatic rings. The fourth-order valence-electron chi connectivity index (χ4n) is 3.63. The van der Waals surface area contributed by atoms with Crippen LogP contribution in [0.25, 0.3) is 6.08 Å². The first kappa shape index (κ1) is 27.9. The number of anilines is 1. The van der Waals surface area contributed by atoms with E-state index in [0.29, 0.717) is 27.2 Å². The highest BCUT2D eigenvalue weighted by Crippen LogP contribution is 2.38. The Balaban J connectivity index is 1.46. The number of hydrogen-bond donors (Lipinski definition) is 1. The molecule has 12 heteroatoms. The fraction of sp³-hybridized carbons (Fsp3) is 0.148. The lowest BCUT2D eigenvalue weighted by Crippen LogP contribution is -2.36. The van der Waals surface area contributed by atoms with Crippen LogP contribution in [0.15, 0.2) is 70.0 Å². The Morgan fingerprint density at radius 3 is 2.51 bits per heavy atom. The number of hydrogen-bond acceptors (Lipinski definition) is 8. The van der Waals surface area contributed by atoms with Crippen molar-refractivity contribution in [1.29, 1.82) is 0 Å². The number of halogens is 1. The van der Waals surface area contributed by atoms with Gasteiger partial charge in [-0.2, -0.15) is 0 Å². The number of aryl methyl sites for hydroxylation is 1. The van der Waals surface area contributed by atoms with Gasteiger partial charge in [0.25, 0.3) is 16.8 Å². The summed E-state index contributed by atoms with van der Waals surface area (Å²) in [5.74, 6) is -0.274. The molecule has 0 aromatic heterocycles. The predicted molar refractivity (Wildman–Crippen MR) is 151 cm³/mol. The number of imide groups is 1. The average molecular weight is 612 g/mol. The van der Waals surface area contributed by atoms with Crippen molar-refractivity contribution < 1.29 is 28.8 Å². The Bertz CT molecular complexity index is 1490. The Labute approximate surface area is 236 Å². The number of carbonyl (C=O) groups is 3. The van der Waals surface area contributed by atoms with Crippen molar-refractivity contribution in [1.82, 2.24) is 4.90 Å². The van der Waals surface area contributed by atoms with Crippen LogP contribution in [0.5, 0.6) is 11.5 Å². The zero-order valence-electron chi connectivity index (χ0n) is 20.8. The van der Waals surface area contributed by atoms with Crippen LogP contribution in [0.1, 0.15) is 16.7 Å². The van der Waals surface area contributed by atoms with Gasteiger partial charge in [-0.1, -0.05) is 34.1 Å². The molecule has 1 heterocycles. The number of non-ortho nitro benzene ring substituents is 1. The number of para-hydroxylation sites is 1. The van der Waals surface area contributed by atoms with Gasteiger partial charge in [0.05, 0.1) is 16.9 Å². The van der Waals surface area contributed by atoms with Crippen LogP contribution >= 0.6 is 27.7 Å². The monoisotopic (exact) mass is 611 g/mol. The Morgan fingerprint density at radius 1 is 1.13 bits per heavy atom. The molecule has 3 amide bonds. The van der Waals surface area contributed by atoms with E-state index in [4.69, 9.17) is 9.47 Å². The van der Waals surface area contributed by atoms with E-state index in [1.54, 1.807) is 36.4 Å². The molecule has 1 N–H and O–H groups in total. The lowest BCUT2D eigenvalue weighted by Gasteiger charge is -2.14. The minimum absolute atomic E-state index is 0.0141. The van der Waals surface area contributed by atoms with Gasteiger partial charge < -0.3 is 14.8 Å². The van der Waals surface area contributed by atoms with E-state index < -0.39 is 28.5 Å². The minimum Gasteiger partial charge on any atom is -0.493 e. The molecule has 1 aliphatic rings. The van der Waals surface area contributed by atoms with Crippen LogP contribution in [0.4, 0.5) is 16.2 Å². The number of rotatable bonds is 9. The van der Waals surface area contributed by atoms with Crippen molar-refractivity contribution in [3.8, 4) is 11.5 Å². The molecule has 0 bridgehead atoms. The SMILES string of the molecule is COc1cc(/C=C2/SC(=O)N(CC(=O)Nc3ccccc3C)C2=O)c(Br)cc1OCc1ccc([N+](=O)[O-])cc1. The third kappa shape index (κ3) is 6.65. The molecule has 39 heavy (non-hydrogen) atoms. The van der Waals surface area contributed by atoms with Gasteiger partial charge >= 0.3 is 0 Å². The minimum atomic E-state index is -0.575. The topological polar surface area (TPSA) is 128 Å². The number of carbonyl (C=O) groups excluding carboxylic acids is 3. The number of ether oxygens (including phenoxy) is 2. The molecule has 200 valence electrons. The van der Waals surface area contributed by atoms with Gasteiger partial charge in [0, 0.05) is 22.3 Å². The summed E-state index contributed by atoms with van der Waals surface area (Å²) >= 11 is 4.21. The van der Waals surface area contributed by atoms with Crippen molar-refractivity contribution >= 4 is 62.2 Å². The first-order valence-electron chi connectivity index (χ1n) is 11.5. The maximum atomic E-state index is 13.0. The number of amides is 3. The molecule has 4 rings (SSSR count). The summed E-state index contributed by atoms with van der Waals surface area (Å²) < 4.78 is 11.9. The number of nitrogens with zero attached hydrogens (tertiary/aromatic N) is 2. The number of benzene rings is 3. The van der Waals surface area contributed by atoms with Crippen LogP contribution < -0.4 is 14.8 Å². The van der Waals surface area contributed by atoms with Gasteiger partial charge in [-0.05, 0) is 71.8 Å². The standard InChI is InChI=1S/C27H22BrN3O7S/c1-16-5-3-4-6-21(16)29-25(32)14-30-26(33)24(39-27(30)34)12-18-11-22(37-2)23(13-20(18)28)38-15-17-7-9-19(10-8-17)31(35)36/h3-13H,14-15H2,1-2H3,(H,29,32)/b24-12+. The van der Waals surface area contributed by atoms with Gasteiger partial charge in [0.1, 0.15) is 13.2 Å². The zero-order chi connectivity index (χ0) is 28.1. The summed E-state index contributed by atoms with van der Waals surface area (Å²) in [7, 11) is 1.46. The third-order valence-corrected chi connectivity index (χ3v) is 7.30. The molecular formula is C27H22BrN3O7S.